The van der Waals surface area contributed by atoms with Crippen molar-refractivity contribution in [3.8, 4) is 5.75 Å². The van der Waals surface area contributed by atoms with E-state index in [1.54, 1.807) is 29.2 Å². The molecule has 1 heterocycles. The van der Waals surface area contributed by atoms with E-state index in [1.807, 2.05) is 31.3 Å². The Kier molecular flexibility index (Phi) is 7.28. The standard InChI is InChI=1S/C22H26BrN3O3/c1-25(14-16-6-8-18(23)9-7-16)21(28)15-26-12-10-17(11-13-26)22(29)24-19-4-2-3-5-20(19)27/h2-9,17,27H,10-15H2,1H3,(H,24,29). The van der Waals surface area contributed by atoms with Crippen molar-refractivity contribution >= 4 is 33.4 Å². The van der Waals surface area contributed by atoms with Gasteiger partial charge in [-0.2, -0.15) is 0 Å². The number of carbonyl (C=O) groups is 2. The van der Waals surface area contributed by atoms with E-state index in [0.29, 0.717) is 44.7 Å². The second-order valence-corrected chi connectivity index (χ2v) is 8.35. The van der Waals surface area contributed by atoms with Crippen LogP contribution in [0.5, 0.6) is 5.75 Å². The van der Waals surface area contributed by atoms with Gasteiger partial charge in [0.25, 0.3) is 0 Å². The van der Waals surface area contributed by atoms with Crippen molar-refractivity contribution in [2.24, 2.45) is 5.92 Å². The summed E-state index contributed by atoms with van der Waals surface area (Å²) in [6, 6.07) is 14.7. The normalized spacial score (nSPS) is 15.1. The Morgan fingerprint density at radius 1 is 1.14 bits per heavy atom. The van der Waals surface area contributed by atoms with Crippen LogP contribution in [0.3, 0.4) is 0 Å². The third-order valence-electron chi connectivity index (χ3n) is 5.24. The number of aromatic hydroxyl groups is 1. The number of phenols is 1. The molecule has 2 aromatic rings. The van der Waals surface area contributed by atoms with Crippen molar-refractivity contribution in [1.82, 2.24) is 9.80 Å². The van der Waals surface area contributed by atoms with Crippen LogP contribution in [0.1, 0.15) is 18.4 Å². The zero-order chi connectivity index (χ0) is 20.8. The largest absolute Gasteiger partial charge is 0.506 e. The van der Waals surface area contributed by atoms with E-state index in [1.165, 1.54) is 0 Å². The van der Waals surface area contributed by atoms with Gasteiger partial charge in [-0.05, 0) is 55.8 Å². The molecule has 0 aromatic heterocycles. The highest BCUT2D eigenvalue weighted by atomic mass is 79.9. The van der Waals surface area contributed by atoms with E-state index in [-0.39, 0.29) is 23.5 Å². The summed E-state index contributed by atoms with van der Waals surface area (Å²) in [4.78, 5) is 28.8. The minimum Gasteiger partial charge on any atom is -0.506 e. The van der Waals surface area contributed by atoms with Crippen molar-refractivity contribution in [3.63, 3.8) is 0 Å². The maximum Gasteiger partial charge on any atom is 0.236 e. The number of hydrogen-bond donors (Lipinski definition) is 2. The molecule has 2 aromatic carbocycles. The number of benzene rings is 2. The number of carbonyl (C=O) groups excluding carboxylic acids is 2. The number of nitrogens with zero attached hydrogens (tertiary/aromatic N) is 2. The Bertz CT molecular complexity index is 849. The summed E-state index contributed by atoms with van der Waals surface area (Å²) in [5.41, 5.74) is 1.52. The van der Waals surface area contributed by atoms with Gasteiger partial charge in [0.1, 0.15) is 5.75 Å². The molecule has 1 fully saturated rings. The molecule has 0 bridgehead atoms. The number of hydrogen-bond acceptors (Lipinski definition) is 4. The summed E-state index contributed by atoms with van der Waals surface area (Å²) < 4.78 is 1.02. The number of anilines is 1. The molecule has 0 spiro atoms. The van der Waals surface area contributed by atoms with Crippen molar-refractivity contribution in [1.29, 1.82) is 0 Å². The second-order valence-electron chi connectivity index (χ2n) is 7.43. The number of nitrogens with one attached hydrogen (secondary N) is 1. The first-order valence-corrected chi connectivity index (χ1v) is 10.5. The number of piperidine rings is 1. The lowest BCUT2D eigenvalue weighted by molar-refractivity contribution is -0.132. The maximum atomic E-state index is 12.5. The fraction of sp³-hybridized carbons (Fsp3) is 0.364. The van der Waals surface area contributed by atoms with E-state index >= 15 is 0 Å². The molecule has 2 N–H and O–H groups in total. The van der Waals surface area contributed by atoms with Crippen LogP contribution >= 0.6 is 15.9 Å². The van der Waals surface area contributed by atoms with Gasteiger partial charge >= 0.3 is 0 Å². The number of halogens is 1. The quantitative estimate of drug-likeness (QED) is 0.648. The molecule has 0 radical (unpaired) electrons. The molecular formula is C22H26BrN3O3. The summed E-state index contributed by atoms with van der Waals surface area (Å²) in [7, 11) is 1.82. The minimum atomic E-state index is -0.110. The third-order valence-corrected chi connectivity index (χ3v) is 5.77. The molecule has 29 heavy (non-hydrogen) atoms. The van der Waals surface area contributed by atoms with Crippen LogP contribution < -0.4 is 5.32 Å². The Balaban J connectivity index is 1.44. The van der Waals surface area contributed by atoms with Crippen molar-refractivity contribution in [2.75, 3.05) is 32.0 Å². The van der Waals surface area contributed by atoms with E-state index in [9.17, 15) is 14.7 Å². The van der Waals surface area contributed by atoms with Gasteiger partial charge in [-0.25, -0.2) is 0 Å². The van der Waals surface area contributed by atoms with Gasteiger partial charge in [0.2, 0.25) is 11.8 Å². The lowest BCUT2D eigenvalue weighted by Crippen LogP contribution is -2.43. The van der Waals surface area contributed by atoms with E-state index in [0.717, 1.165) is 10.0 Å². The van der Waals surface area contributed by atoms with Gasteiger partial charge in [0.15, 0.2) is 0 Å². The zero-order valence-corrected chi connectivity index (χ0v) is 18.1. The molecule has 0 unspecified atom stereocenters. The molecule has 1 saturated heterocycles. The number of likely N-dealkylation sites (N-methyl/N-ethyl adjacent to an activating group) is 1. The lowest BCUT2D eigenvalue weighted by atomic mass is 9.95. The van der Waals surface area contributed by atoms with Crippen molar-refractivity contribution in [3.05, 3.63) is 58.6 Å². The minimum absolute atomic E-state index is 0.0673. The van der Waals surface area contributed by atoms with Crippen LogP contribution in [0.25, 0.3) is 0 Å². The fourth-order valence-corrected chi connectivity index (χ4v) is 3.70. The van der Waals surface area contributed by atoms with Crippen LogP contribution in [0, 0.1) is 5.92 Å². The SMILES string of the molecule is CN(Cc1ccc(Br)cc1)C(=O)CN1CCC(C(=O)Nc2ccccc2O)CC1. The number of para-hydroxylation sites is 2. The van der Waals surface area contributed by atoms with E-state index in [4.69, 9.17) is 0 Å². The smallest absolute Gasteiger partial charge is 0.236 e. The van der Waals surface area contributed by atoms with Crippen LogP contribution in [0.15, 0.2) is 53.0 Å². The van der Waals surface area contributed by atoms with E-state index < -0.39 is 0 Å². The molecule has 0 atom stereocenters. The van der Waals surface area contributed by atoms with Gasteiger partial charge in [0, 0.05) is 24.0 Å². The number of rotatable bonds is 6. The summed E-state index contributed by atoms with van der Waals surface area (Å²) in [5, 5.41) is 12.6. The van der Waals surface area contributed by atoms with Crippen molar-refractivity contribution in [2.45, 2.75) is 19.4 Å². The topological polar surface area (TPSA) is 72.9 Å². The molecule has 0 aliphatic carbocycles. The van der Waals surface area contributed by atoms with Crippen LogP contribution in [0.2, 0.25) is 0 Å². The maximum absolute atomic E-state index is 12.5. The molecular weight excluding hydrogens is 434 g/mol. The first kappa shape index (κ1) is 21.3. The van der Waals surface area contributed by atoms with Crippen molar-refractivity contribution < 1.29 is 14.7 Å². The predicted molar refractivity (Wildman–Crippen MR) is 117 cm³/mol. The van der Waals surface area contributed by atoms with Gasteiger partial charge in [0.05, 0.1) is 12.2 Å². The zero-order valence-electron chi connectivity index (χ0n) is 16.5. The summed E-state index contributed by atoms with van der Waals surface area (Å²) in [5.74, 6) is -0.0472. The summed E-state index contributed by atoms with van der Waals surface area (Å²) in [6.07, 6.45) is 1.40. The number of amides is 2. The molecule has 0 saturated carbocycles. The molecule has 2 amide bonds. The monoisotopic (exact) mass is 459 g/mol. The first-order chi connectivity index (χ1) is 13.9. The second kappa shape index (κ2) is 9.89. The average molecular weight is 460 g/mol. The molecule has 154 valence electrons. The predicted octanol–water partition coefficient (Wildman–Crippen LogP) is 3.46. The Morgan fingerprint density at radius 2 is 1.79 bits per heavy atom. The van der Waals surface area contributed by atoms with Crippen LogP contribution in [0.4, 0.5) is 5.69 Å². The lowest BCUT2D eigenvalue weighted by Gasteiger charge is -2.32. The highest BCUT2D eigenvalue weighted by Gasteiger charge is 2.27. The van der Waals surface area contributed by atoms with Gasteiger partial charge in [-0.15, -0.1) is 0 Å². The molecule has 3 rings (SSSR count). The highest BCUT2D eigenvalue weighted by molar-refractivity contribution is 9.10. The van der Waals surface area contributed by atoms with Crippen LogP contribution in [-0.2, 0) is 16.1 Å². The number of phenolic OH excluding ortho intramolecular Hbond substituents is 1. The molecule has 6 nitrogen and oxygen atoms in total. The Labute approximate surface area is 179 Å². The van der Waals surface area contributed by atoms with Crippen LogP contribution in [-0.4, -0.2) is 53.4 Å². The summed E-state index contributed by atoms with van der Waals surface area (Å²) in [6.45, 7) is 2.35. The molecule has 1 aliphatic rings. The number of likely N-dealkylation sites (tertiary alicyclic amines) is 1. The molecule has 7 heteroatoms. The Hall–Kier alpha value is -2.38. The van der Waals surface area contributed by atoms with Gasteiger partial charge in [-0.3, -0.25) is 14.5 Å². The molecule has 1 aliphatic heterocycles. The van der Waals surface area contributed by atoms with Gasteiger partial charge < -0.3 is 15.3 Å². The highest BCUT2D eigenvalue weighted by Crippen LogP contribution is 2.24. The average Bonchev–Trinajstić information content (AvgIpc) is 2.72. The summed E-state index contributed by atoms with van der Waals surface area (Å²) >= 11 is 3.42. The van der Waals surface area contributed by atoms with E-state index in [2.05, 4.69) is 26.1 Å². The third kappa shape index (κ3) is 6.05. The first-order valence-electron chi connectivity index (χ1n) is 9.72. The Morgan fingerprint density at radius 3 is 2.45 bits per heavy atom. The fourth-order valence-electron chi connectivity index (χ4n) is 3.43. The van der Waals surface area contributed by atoms with Gasteiger partial charge in [-0.1, -0.05) is 40.2 Å².